The second kappa shape index (κ2) is 15.7. The zero-order valence-corrected chi connectivity index (χ0v) is 40.0. The molecule has 2 heterocycles. The van der Waals surface area contributed by atoms with E-state index in [0.717, 1.165) is 43.6 Å². The molecule has 2 aliphatic carbocycles. The summed E-state index contributed by atoms with van der Waals surface area (Å²) in [4.78, 5) is 0. The Hall–Kier alpha value is -10.0. The predicted octanol–water partition coefficient (Wildman–Crippen LogP) is 16.4. The van der Waals surface area contributed by atoms with Crippen molar-refractivity contribution in [3.63, 3.8) is 0 Å². The fraction of sp³-hybridized carbons (Fsp3) is 0.0286. The van der Waals surface area contributed by atoms with Crippen molar-refractivity contribution in [2.24, 2.45) is 0 Å². The van der Waals surface area contributed by atoms with Gasteiger partial charge in [0.2, 0.25) is 0 Å². The van der Waals surface area contributed by atoms with Crippen LogP contribution in [0.4, 0.5) is 0 Å². The monoisotopic (exact) mass is 938 g/mol. The van der Waals surface area contributed by atoms with Crippen molar-refractivity contribution in [1.82, 2.24) is 9.13 Å². The Morgan fingerprint density at radius 3 is 0.959 bits per heavy atom. The molecular formula is C70H42N4. The van der Waals surface area contributed by atoms with Crippen LogP contribution >= 0.6 is 0 Å². The number of fused-ring (bicyclic) bond motifs is 12. The first-order valence-corrected chi connectivity index (χ1v) is 25.2. The summed E-state index contributed by atoms with van der Waals surface area (Å²) in [5.74, 6) is 0. The Morgan fingerprint density at radius 1 is 0.270 bits per heavy atom. The molecule has 11 aromatic carbocycles. The number of para-hydroxylation sites is 2. The van der Waals surface area contributed by atoms with Gasteiger partial charge in [-0.2, -0.15) is 10.5 Å². The maximum atomic E-state index is 11.5. The van der Waals surface area contributed by atoms with Crippen molar-refractivity contribution in [1.29, 1.82) is 10.5 Å². The van der Waals surface area contributed by atoms with E-state index >= 15 is 0 Å². The van der Waals surface area contributed by atoms with Crippen molar-refractivity contribution >= 4 is 43.6 Å². The molecule has 0 fully saturated rings. The second-order valence-electron chi connectivity index (χ2n) is 19.7. The molecule has 0 atom stereocenters. The molecular weight excluding hydrogens is 897 g/mol. The third-order valence-corrected chi connectivity index (χ3v) is 16.3. The van der Waals surface area contributed by atoms with Crippen LogP contribution in [0.2, 0.25) is 0 Å². The van der Waals surface area contributed by atoms with E-state index in [4.69, 9.17) is 0 Å². The lowest BCUT2D eigenvalue weighted by Crippen LogP contribution is -2.28. The van der Waals surface area contributed by atoms with Gasteiger partial charge in [0, 0.05) is 21.5 Å². The molecule has 0 N–H and O–H groups in total. The van der Waals surface area contributed by atoms with Crippen LogP contribution < -0.4 is 0 Å². The molecule has 0 bridgehead atoms. The lowest BCUT2D eigenvalue weighted by atomic mass is 9.67. The van der Waals surface area contributed by atoms with Crippen molar-refractivity contribution in [3.8, 4) is 45.8 Å². The van der Waals surface area contributed by atoms with Gasteiger partial charge in [0.05, 0.1) is 55.4 Å². The zero-order chi connectivity index (χ0) is 49.1. The van der Waals surface area contributed by atoms with E-state index in [1.165, 1.54) is 66.8 Å². The first-order valence-electron chi connectivity index (χ1n) is 25.2. The number of aromatic nitrogens is 2. The van der Waals surface area contributed by atoms with Gasteiger partial charge in [-0.05, 0) is 115 Å². The summed E-state index contributed by atoms with van der Waals surface area (Å²) < 4.78 is 4.45. The molecule has 74 heavy (non-hydrogen) atoms. The number of hydrogen-bond donors (Lipinski definition) is 0. The van der Waals surface area contributed by atoms with E-state index in [9.17, 15) is 10.5 Å². The summed E-state index contributed by atoms with van der Waals surface area (Å²) >= 11 is 0. The number of nitriles is 2. The normalized spacial score (nSPS) is 13.6. The Morgan fingerprint density at radius 2 is 0.595 bits per heavy atom. The summed E-state index contributed by atoms with van der Waals surface area (Å²) in [6.45, 7) is 0. The highest BCUT2D eigenvalue weighted by molar-refractivity contribution is 6.14. The maximum absolute atomic E-state index is 11.5. The van der Waals surface area contributed by atoms with Gasteiger partial charge in [0.15, 0.2) is 0 Å². The summed E-state index contributed by atoms with van der Waals surface area (Å²) in [7, 11) is 0. The second-order valence-corrected chi connectivity index (χ2v) is 19.7. The highest BCUT2D eigenvalue weighted by atomic mass is 15.0. The first kappa shape index (κ1) is 41.8. The van der Waals surface area contributed by atoms with E-state index < -0.39 is 10.8 Å². The molecule has 0 unspecified atom stereocenters. The molecule has 0 amide bonds. The van der Waals surface area contributed by atoms with Crippen LogP contribution in [0.25, 0.3) is 77.2 Å². The molecule has 13 aromatic rings. The van der Waals surface area contributed by atoms with Crippen molar-refractivity contribution < 1.29 is 0 Å². The summed E-state index contributed by atoms with van der Waals surface area (Å²) in [6, 6.07) is 96.6. The van der Waals surface area contributed by atoms with Crippen LogP contribution in [0.15, 0.2) is 255 Å². The molecule has 15 rings (SSSR count). The lowest BCUT2D eigenvalue weighted by molar-refractivity contribution is 0.769. The van der Waals surface area contributed by atoms with Crippen LogP contribution in [0.5, 0.6) is 0 Å². The third kappa shape index (κ3) is 5.44. The molecule has 0 aliphatic heterocycles. The number of rotatable bonds is 6. The summed E-state index contributed by atoms with van der Waals surface area (Å²) in [5, 5.41) is 27.3. The van der Waals surface area contributed by atoms with Crippen molar-refractivity contribution in [2.75, 3.05) is 0 Å². The minimum atomic E-state index is -0.625. The molecule has 0 saturated heterocycles. The van der Waals surface area contributed by atoms with Crippen LogP contribution in [0.3, 0.4) is 0 Å². The summed E-state index contributed by atoms with van der Waals surface area (Å²) in [6.07, 6.45) is 0. The molecule has 342 valence electrons. The Kier molecular flexibility index (Phi) is 8.89. The van der Waals surface area contributed by atoms with Gasteiger partial charge in [-0.3, -0.25) is 0 Å². The largest absolute Gasteiger partial charge is 0.308 e. The number of hydrogen-bond acceptors (Lipinski definition) is 2. The highest BCUT2D eigenvalue weighted by Gasteiger charge is 2.48. The molecule has 0 radical (unpaired) electrons. The van der Waals surface area contributed by atoms with E-state index in [1.807, 2.05) is 12.1 Å². The molecule has 4 heteroatoms. The Labute approximate surface area is 428 Å². The van der Waals surface area contributed by atoms with E-state index in [0.29, 0.717) is 22.5 Å². The maximum Gasteiger partial charge on any atom is 0.101 e. The van der Waals surface area contributed by atoms with Gasteiger partial charge in [-0.15, -0.1) is 0 Å². The molecule has 4 nitrogen and oxygen atoms in total. The van der Waals surface area contributed by atoms with Crippen LogP contribution in [-0.4, -0.2) is 9.13 Å². The van der Waals surface area contributed by atoms with Gasteiger partial charge in [-0.1, -0.05) is 206 Å². The molecule has 0 spiro atoms. The summed E-state index contributed by atoms with van der Waals surface area (Å²) in [5.41, 5.74) is 19.1. The van der Waals surface area contributed by atoms with Crippen molar-refractivity contribution in [3.05, 3.63) is 310 Å². The van der Waals surface area contributed by atoms with Gasteiger partial charge in [-0.25, -0.2) is 0 Å². The zero-order valence-electron chi connectivity index (χ0n) is 40.0. The van der Waals surface area contributed by atoms with E-state index in [1.54, 1.807) is 0 Å². The fourth-order valence-corrected chi connectivity index (χ4v) is 13.5. The minimum Gasteiger partial charge on any atom is -0.308 e. The highest BCUT2D eigenvalue weighted by Crippen LogP contribution is 2.59. The van der Waals surface area contributed by atoms with Crippen LogP contribution in [-0.2, 0) is 10.8 Å². The average molecular weight is 939 g/mol. The Balaban J connectivity index is 1.01. The molecule has 0 saturated carbocycles. The number of nitrogens with zero attached hydrogens (tertiary/aromatic N) is 4. The average Bonchev–Trinajstić information content (AvgIpc) is 4.18. The quantitative estimate of drug-likeness (QED) is 0.167. The smallest absolute Gasteiger partial charge is 0.101 e. The topological polar surface area (TPSA) is 57.4 Å². The lowest BCUT2D eigenvalue weighted by Gasteiger charge is -2.34. The third-order valence-electron chi connectivity index (χ3n) is 16.3. The van der Waals surface area contributed by atoms with Gasteiger partial charge in [0.25, 0.3) is 0 Å². The van der Waals surface area contributed by atoms with Crippen molar-refractivity contribution in [2.45, 2.75) is 10.8 Å². The van der Waals surface area contributed by atoms with E-state index in [2.05, 4.69) is 264 Å². The van der Waals surface area contributed by atoms with Crippen LogP contribution in [0, 0.1) is 22.7 Å². The molecule has 2 aromatic heterocycles. The van der Waals surface area contributed by atoms with Gasteiger partial charge < -0.3 is 9.13 Å². The van der Waals surface area contributed by atoms with Crippen LogP contribution in [0.1, 0.15) is 55.6 Å². The fourth-order valence-electron chi connectivity index (χ4n) is 13.5. The predicted molar refractivity (Wildman–Crippen MR) is 299 cm³/mol. The molecule has 2 aliphatic rings. The number of benzene rings is 11. The van der Waals surface area contributed by atoms with Gasteiger partial charge >= 0.3 is 0 Å². The first-order chi connectivity index (χ1) is 36.6. The Bertz CT molecular complexity index is 4180. The van der Waals surface area contributed by atoms with E-state index in [-0.39, 0.29) is 0 Å². The minimum absolute atomic E-state index is 0.463. The van der Waals surface area contributed by atoms with Gasteiger partial charge in [0.1, 0.15) is 12.1 Å². The SMILES string of the molecule is N#Cc1cc(-n2c3ccccc3c3cc4c(cc32)C(c2ccccc2)(c2ccccc2)c2ccccc2-4)c(C#N)cc1-n1c2ccccc2c2cc3c(cc21)C(c1ccccc1)(c1ccccc1)c1ccccc1-3. The standard InChI is InChI=1S/C70H42N4/c71-43-45-38-66(74-64-36-20-16-32-54(64)58-40-56-52-30-14-18-34-60(52)70(62(56)42-68(58)74,49-25-9-3-10-26-49)50-27-11-4-12-28-50)46(44-72)37-65(45)73-63-35-19-15-31-53(63)57-39-55-51-29-13-17-33-59(51)69(61(55)41-67(57)73,47-21-5-1-6-22-47)48-23-7-2-8-24-48/h1-42H.